The summed E-state index contributed by atoms with van der Waals surface area (Å²) in [5, 5.41) is 0. The van der Waals surface area contributed by atoms with Gasteiger partial charge in [0.2, 0.25) is 5.75 Å². The SMILES string of the molecule is COc1cc(C=C2SC(=S)N(c3ccccc3)C2=O)cc(OC)c1OC. The maximum Gasteiger partial charge on any atom is 0.270 e. The van der Waals surface area contributed by atoms with Gasteiger partial charge in [-0.15, -0.1) is 0 Å². The van der Waals surface area contributed by atoms with Crippen molar-refractivity contribution in [3.63, 3.8) is 0 Å². The fourth-order valence-corrected chi connectivity index (χ4v) is 3.90. The Morgan fingerprint density at radius 1 is 1.00 bits per heavy atom. The zero-order valence-electron chi connectivity index (χ0n) is 14.5. The predicted octanol–water partition coefficient (Wildman–Crippen LogP) is 4.12. The Labute approximate surface area is 161 Å². The van der Waals surface area contributed by atoms with E-state index in [-0.39, 0.29) is 5.91 Å². The van der Waals surface area contributed by atoms with Crippen LogP contribution in [0.1, 0.15) is 5.56 Å². The van der Waals surface area contributed by atoms with Crippen molar-refractivity contribution in [3.05, 3.63) is 52.9 Å². The van der Waals surface area contributed by atoms with Crippen LogP contribution in [-0.4, -0.2) is 31.6 Å². The van der Waals surface area contributed by atoms with E-state index in [1.54, 1.807) is 39.5 Å². The van der Waals surface area contributed by atoms with Crippen molar-refractivity contribution in [3.8, 4) is 17.2 Å². The molecule has 1 saturated heterocycles. The molecule has 1 heterocycles. The van der Waals surface area contributed by atoms with Gasteiger partial charge in [-0.1, -0.05) is 42.2 Å². The van der Waals surface area contributed by atoms with Crippen molar-refractivity contribution < 1.29 is 19.0 Å². The van der Waals surface area contributed by atoms with Gasteiger partial charge in [0.1, 0.15) is 0 Å². The Kier molecular flexibility index (Phi) is 5.49. The first-order valence-corrected chi connectivity index (χ1v) is 8.94. The summed E-state index contributed by atoms with van der Waals surface area (Å²) in [6, 6.07) is 12.9. The van der Waals surface area contributed by atoms with Gasteiger partial charge in [0.15, 0.2) is 15.8 Å². The molecule has 0 radical (unpaired) electrons. The number of rotatable bonds is 5. The Hall–Kier alpha value is -2.51. The van der Waals surface area contributed by atoms with Crippen LogP contribution in [0.25, 0.3) is 6.08 Å². The molecule has 0 aromatic heterocycles. The number of methoxy groups -OCH3 is 3. The van der Waals surface area contributed by atoms with E-state index in [4.69, 9.17) is 26.4 Å². The standard InChI is InChI=1S/C19H17NO4S2/c1-22-14-9-12(10-15(23-2)17(14)24-3)11-16-18(21)20(19(25)26-16)13-7-5-4-6-8-13/h4-11H,1-3H3. The highest BCUT2D eigenvalue weighted by Crippen LogP contribution is 2.41. The topological polar surface area (TPSA) is 48.0 Å². The van der Waals surface area contributed by atoms with Gasteiger partial charge >= 0.3 is 0 Å². The van der Waals surface area contributed by atoms with Gasteiger partial charge in [0.25, 0.3) is 5.91 Å². The number of benzene rings is 2. The molecular formula is C19H17NO4S2. The maximum atomic E-state index is 12.8. The lowest BCUT2D eigenvalue weighted by molar-refractivity contribution is -0.113. The number of thiocarbonyl (C=S) groups is 1. The first-order valence-electron chi connectivity index (χ1n) is 7.72. The van der Waals surface area contributed by atoms with Gasteiger partial charge < -0.3 is 14.2 Å². The van der Waals surface area contributed by atoms with E-state index in [0.717, 1.165) is 11.3 Å². The van der Waals surface area contributed by atoms with E-state index in [9.17, 15) is 4.79 Å². The monoisotopic (exact) mass is 387 g/mol. The van der Waals surface area contributed by atoms with Crippen molar-refractivity contribution in [2.75, 3.05) is 26.2 Å². The minimum atomic E-state index is -0.153. The first kappa shape index (κ1) is 18.3. The lowest BCUT2D eigenvalue weighted by Gasteiger charge is -2.14. The summed E-state index contributed by atoms with van der Waals surface area (Å²) < 4.78 is 16.5. The lowest BCUT2D eigenvalue weighted by atomic mass is 10.1. The largest absolute Gasteiger partial charge is 0.493 e. The molecule has 7 heteroatoms. The number of ether oxygens (including phenoxy) is 3. The second-order valence-corrected chi connectivity index (χ2v) is 6.99. The molecule has 1 aliphatic rings. The number of carbonyl (C=O) groups excluding carboxylic acids is 1. The number of hydrogen-bond acceptors (Lipinski definition) is 6. The molecule has 1 aliphatic heterocycles. The molecule has 1 amide bonds. The Morgan fingerprint density at radius 3 is 2.15 bits per heavy atom. The highest BCUT2D eigenvalue weighted by atomic mass is 32.2. The van der Waals surface area contributed by atoms with Crippen LogP contribution >= 0.6 is 24.0 Å². The highest BCUT2D eigenvalue weighted by molar-refractivity contribution is 8.27. The number of thioether (sulfide) groups is 1. The van der Waals surface area contributed by atoms with Gasteiger partial charge in [0.05, 0.1) is 31.9 Å². The van der Waals surface area contributed by atoms with Crippen LogP contribution in [0, 0.1) is 0 Å². The third kappa shape index (κ3) is 3.40. The molecule has 1 fully saturated rings. The third-order valence-electron chi connectivity index (χ3n) is 3.79. The molecule has 3 rings (SSSR count). The molecule has 0 spiro atoms. The van der Waals surface area contributed by atoms with Gasteiger partial charge in [-0.05, 0) is 35.9 Å². The summed E-state index contributed by atoms with van der Waals surface area (Å²) in [6.07, 6.45) is 1.77. The van der Waals surface area contributed by atoms with E-state index >= 15 is 0 Å². The van der Waals surface area contributed by atoms with Crippen LogP contribution in [0.15, 0.2) is 47.4 Å². The summed E-state index contributed by atoms with van der Waals surface area (Å²) in [6.45, 7) is 0. The van der Waals surface area contributed by atoms with Crippen LogP contribution < -0.4 is 19.1 Å². The molecular weight excluding hydrogens is 370 g/mol. The summed E-state index contributed by atoms with van der Waals surface area (Å²) in [4.78, 5) is 14.9. The Balaban J connectivity index is 1.98. The summed E-state index contributed by atoms with van der Waals surface area (Å²) in [5.74, 6) is 1.40. The highest BCUT2D eigenvalue weighted by Gasteiger charge is 2.33. The van der Waals surface area contributed by atoms with Crippen LogP contribution in [0.2, 0.25) is 0 Å². The molecule has 5 nitrogen and oxygen atoms in total. The first-order chi connectivity index (χ1) is 12.6. The second kappa shape index (κ2) is 7.80. The number of amides is 1. The van der Waals surface area contributed by atoms with Crippen LogP contribution in [0.5, 0.6) is 17.2 Å². The molecule has 0 atom stereocenters. The number of para-hydroxylation sites is 1. The van der Waals surface area contributed by atoms with Gasteiger partial charge in [0, 0.05) is 0 Å². The average molecular weight is 387 g/mol. The normalized spacial score (nSPS) is 15.5. The van der Waals surface area contributed by atoms with E-state index in [0.29, 0.717) is 26.5 Å². The van der Waals surface area contributed by atoms with Crippen LogP contribution in [0.4, 0.5) is 5.69 Å². The van der Waals surface area contributed by atoms with E-state index in [1.165, 1.54) is 16.7 Å². The van der Waals surface area contributed by atoms with Crippen molar-refractivity contribution in [1.29, 1.82) is 0 Å². The maximum absolute atomic E-state index is 12.8. The van der Waals surface area contributed by atoms with Gasteiger partial charge in [-0.25, -0.2) is 0 Å². The van der Waals surface area contributed by atoms with E-state index in [1.807, 2.05) is 30.3 Å². The second-order valence-electron chi connectivity index (χ2n) is 5.31. The molecule has 0 aliphatic carbocycles. The minimum Gasteiger partial charge on any atom is -0.493 e. The van der Waals surface area contributed by atoms with Crippen molar-refractivity contribution in [1.82, 2.24) is 0 Å². The number of hydrogen-bond donors (Lipinski definition) is 0. The van der Waals surface area contributed by atoms with E-state index in [2.05, 4.69) is 0 Å². The number of anilines is 1. The number of carbonyl (C=O) groups is 1. The molecule has 134 valence electrons. The Bertz CT molecular complexity index is 855. The molecule has 0 bridgehead atoms. The van der Waals surface area contributed by atoms with Crippen molar-refractivity contribution in [2.45, 2.75) is 0 Å². The number of nitrogens with zero attached hydrogens (tertiary/aromatic N) is 1. The van der Waals surface area contributed by atoms with Crippen molar-refractivity contribution in [2.24, 2.45) is 0 Å². The lowest BCUT2D eigenvalue weighted by Crippen LogP contribution is -2.27. The molecule has 0 unspecified atom stereocenters. The molecule has 2 aromatic rings. The smallest absolute Gasteiger partial charge is 0.270 e. The van der Waals surface area contributed by atoms with Gasteiger partial charge in [-0.3, -0.25) is 9.69 Å². The fourth-order valence-electron chi connectivity index (χ4n) is 2.60. The zero-order valence-corrected chi connectivity index (χ0v) is 16.1. The Morgan fingerprint density at radius 2 is 1.62 bits per heavy atom. The zero-order chi connectivity index (χ0) is 18.7. The average Bonchev–Trinajstić information content (AvgIpc) is 2.94. The van der Waals surface area contributed by atoms with Crippen LogP contribution in [-0.2, 0) is 4.79 Å². The third-order valence-corrected chi connectivity index (χ3v) is 5.10. The quantitative estimate of drug-likeness (QED) is 0.568. The molecule has 0 N–H and O–H groups in total. The summed E-state index contributed by atoms with van der Waals surface area (Å²) in [5.41, 5.74) is 1.51. The summed E-state index contributed by atoms with van der Waals surface area (Å²) in [7, 11) is 4.65. The summed E-state index contributed by atoms with van der Waals surface area (Å²) >= 11 is 6.65. The predicted molar refractivity (Wildman–Crippen MR) is 108 cm³/mol. The fraction of sp³-hybridized carbons (Fsp3) is 0.158. The molecule has 26 heavy (non-hydrogen) atoms. The van der Waals surface area contributed by atoms with Crippen molar-refractivity contribution >= 4 is 46.0 Å². The minimum absolute atomic E-state index is 0.153. The van der Waals surface area contributed by atoms with E-state index < -0.39 is 0 Å². The molecule has 0 saturated carbocycles. The van der Waals surface area contributed by atoms with Crippen LogP contribution in [0.3, 0.4) is 0 Å². The molecule has 2 aromatic carbocycles. The van der Waals surface area contributed by atoms with Gasteiger partial charge in [-0.2, -0.15) is 0 Å².